The molecule has 2 fully saturated rings. The first-order chi connectivity index (χ1) is 10.7. The molecular formula is C18H26ClFN2O. The van der Waals surface area contributed by atoms with Crippen molar-refractivity contribution in [3.05, 3.63) is 35.6 Å². The van der Waals surface area contributed by atoms with E-state index in [1.165, 1.54) is 12.5 Å². The zero-order valence-electron chi connectivity index (χ0n) is 13.5. The van der Waals surface area contributed by atoms with Crippen LogP contribution in [0.4, 0.5) is 4.39 Å². The van der Waals surface area contributed by atoms with Gasteiger partial charge in [-0.1, -0.05) is 31.4 Å². The van der Waals surface area contributed by atoms with Gasteiger partial charge in [0.15, 0.2) is 0 Å². The van der Waals surface area contributed by atoms with E-state index < -0.39 is 5.41 Å². The highest BCUT2D eigenvalue weighted by Crippen LogP contribution is 2.41. The van der Waals surface area contributed by atoms with E-state index in [9.17, 15) is 9.18 Å². The number of halogens is 2. The van der Waals surface area contributed by atoms with E-state index >= 15 is 0 Å². The Bertz CT molecular complexity index is 524. The van der Waals surface area contributed by atoms with Gasteiger partial charge in [-0.15, -0.1) is 12.4 Å². The Morgan fingerprint density at radius 2 is 1.87 bits per heavy atom. The maximum Gasteiger partial charge on any atom is 0.233 e. The summed E-state index contributed by atoms with van der Waals surface area (Å²) in [6, 6.07) is 6.69. The van der Waals surface area contributed by atoms with Crippen LogP contribution < -0.4 is 5.32 Å². The summed E-state index contributed by atoms with van der Waals surface area (Å²) in [5, 5.41) is 3.34. The second kappa shape index (κ2) is 8.11. The Hall–Kier alpha value is -1.13. The lowest BCUT2D eigenvalue weighted by Gasteiger charge is -2.40. The van der Waals surface area contributed by atoms with Crippen LogP contribution in [0.15, 0.2) is 24.3 Å². The molecule has 1 amide bonds. The topological polar surface area (TPSA) is 32.3 Å². The minimum Gasteiger partial charge on any atom is -0.341 e. The first-order valence-electron chi connectivity index (χ1n) is 8.48. The molecule has 3 nitrogen and oxygen atoms in total. The number of nitrogens with one attached hydrogen (secondary N) is 1. The lowest BCUT2D eigenvalue weighted by Crippen LogP contribution is -2.49. The van der Waals surface area contributed by atoms with Gasteiger partial charge in [-0.25, -0.2) is 4.39 Å². The number of carbonyl (C=O) groups is 1. The number of rotatable bonds is 2. The molecule has 0 radical (unpaired) electrons. The summed E-state index contributed by atoms with van der Waals surface area (Å²) >= 11 is 0. The fourth-order valence-electron chi connectivity index (χ4n) is 3.92. The van der Waals surface area contributed by atoms with Crippen molar-refractivity contribution in [3.63, 3.8) is 0 Å². The number of benzene rings is 1. The summed E-state index contributed by atoms with van der Waals surface area (Å²) in [4.78, 5) is 15.3. The van der Waals surface area contributed by atoms with Crippen LogP contribution in [0.25, 0.3) is 0 Å². The van der Waals surface area contributed by atoms with Gasteiger partial charge in [-0.2, -0.15) is 0 Å². The predicted octanol–water partition coefficient (Wildman–Crippen LogP) is 3.27. The van der Waals surface area contributed by atoms with Crippen LogP contribution in [0.3, 0.4) is 0 Å². The third-order valence-electron chi connectivity index (χ3n) is 5.12. The number of nitrogens with zero attached hydrogens (tertiary/aromatic N) is 1. The van der Waals surface area contributed by atoms with Crippen molar-refractivity contribution in [3.8, 4) is 0 Å². The molecule has 5 heteroatoms. The molecule has 1 aromatic rings. The van der Waals surface area contributed by atoms with E-state index in [1.54, 1.807) is 12.1 Å². The van der Waals surface area contributed by atoms with Crippen molar-refractivity contribution in [1.82, 2.24) is 10.2 Å². The molecule has 0 atom stereocenters. The second-order valence-corrected chi connectivity index (χ2v) is 6.55. The average Bonchev–Trinajstić information content (AvgIpc) is 2.84. The molecule has 0 spiro atoms. The van der Waals surface area contributed by atoms with Gasteiger partial charge in [0.2, 0.25) is 5.91 Å². The van der Waals surface area contributed by atoms with E-state index in [0.717, 1.165) is 63.8 Å². The summed E-state index contributed by atoms with van der Waals surface area (Å²) in [5.41, 5.74) is 0.361. The number of amides is 1. The van der Waals surface area contributed by atoms with Crippen LogP contribution in [-0.2, 0) is 10.2 Å². The fourth-order valence-corrected chi connectivity index (χ4v) is 3.92. The van der Waals surface area contributed by atoms with Crippen molar-refractivity contribution in [2.24, 2.45) is 0 Å². The van der Waals surface area contributed by atoms with Crippen LogP contribution in [0.1, 0.15) is 44.1 Å². The zero-order chi connectivity index (χ0) is 15.4. The molecule has 0 bridgehead atoms. The summed E-state index contributed by atoms with van der Waals surface area (Å²) in [7, 11) is 0. The van der Waals surface area contributed by atoms with Gasteiger partial charge in [0.1, 0.15) is 5.82 Å². The molecule has 1 aliphatic heterocycles. The highest BCUT2D eigenvalue weighted by molar-refractivity contribution is 5.88. The largest absolute Gasteiger partial charge is 0.341 e. The molecule has 1 N–H and O–H groups in total. The molecule has 1 heterocycles. The molecular weight excluding hydrogens is 315 g/mol. The predicted molar refractivity (Wildman–Crippen MR) is 92.5 cm³/mol. The van der Waals surface area contributed by atoms with Gasteiger partial charge in [0.05, 0.1) is 5.41 Å². The normalized spacial score (nSPS) is 21.2. The molecule has 1 aliphatic carbocycles. The fraction of sp³-hybridized carbons (Fsp3) is 0.611. The molecule has 1 saturated carbocycles. The minimum atomic E-state index is -0.509. The Morgan fingerprint density at radius 1 is 1.09 bits per heavy atom. The second-order valence-electron chi connectivity index (χ2n) is 6.55. The molecule has 1 aromatic carbocycles. The van der Waals surface area contributed by atoms with Crippen molar-refractivity contribution in [2.45, 2.75) is 43.9 Å². The number of hydrogen-bond acceptors (Lipinski definition) is 2. The lowest BCUT2D eigenvalue weighted by atomic mass is 9.68. The van der Waals surface area contributed by atoms with Gasteiger partial charge in [-0.3, -0.25) is 4.79 Å². The first kappa shape index (κ1) is 18.2. The van der Waals surface area contributed by atoms with E-state index in [-0.39, 0.29) is 24.1 Å². The quantitative estimate of drug-likeness (QED) is 0.896. The average molecular weight is 341 g/mol. The third-order valence-corrected chi connectivity index (χ3v) is 5.12. The lowest BCUT2D eigenvalue weighted by molar-refractivity contribution is -0.138. The van der Waals surface area contributed by atoms with Crippen molar-refractivity contribution < 1.29 is 9.18 Å². The van der Waals surface area contributed by atoms with Gasteiger partial charge < -0.3 is 10.2 Å². The van der Waals surface area contributed by atoms with E-state index in [4.69, 9.17) is 0 Å². The van der Waals surface area contributed by atoms with E-state index in [1.807, 2.05) is 11.0 Å². The van der Waals surface area contributed by atoms with Crippen molar-refractivity contribution in [2.75, 3.05) is 26.2 Å². The van der Waals surface area contributed by atoms with Crippen LogP contribution in [-0.4, -0.2) is 37.0 Å². The molecule has 1 saturated heterocycles. The molecule has 128 valence electrons. The zero-order valence-corrected chi connectivity index (χ0v) is 14.3. The maximum atomic E-state index is 13.7. The van der Waals surface area contributed by atoms with Crippen LogP contribution in [0, 0.1) is 5.82 Å². The maximum absolute atomic E-state index is 13.7. The number of hydrogen-bond donors (Lipinski definition) is 1. The Labute approximate surface area is 144 Å². The summed E-state index contributed by atoms with van der Waals surface area (Å²) in [6.07, 6.45) is 5.96. The first-order valence-corrected chi connectivity index (χ1v) is 8.48. The third kappa shape index (κ3) is 3.86. The van der Waals surface area contributed by atoms with Crippen LogP contribution in [0.5, 0.6) is 0 Å². The molecule has 2 aliphatic rings. The monoisotopic (exact) mass is 340 g/mol. The summed E-state index contributed by atoms with van der Waals surface area (Å²) in [6.45, 7) is 3.39. The molecule has 0 unspecified atom stereocenters. The summed E-state index contributed by atoms with van der Waals surface area (Å²) < 4.78 is 13.7. The molecule has 23 heavy (non-hydrogen) atoms. The minimum absolute atomic E-state index is 0. The van der Waals surface area contributed by atoms with Crippen molar-refractivity contribution >= 4 is 18.3 Å². The molecule has 0 aromatic heterocycles. The Morgan fingerprint density at radius 3 is 2.61 bits per heavy atom. The smallest absolute Gasteiger partial charge is 0.233 e. The SMILES string of the molecule is Cl.O=C(N1CCCNCC1)C1(c2cccc(F)c2)CCCCC1. The highest BCUT2D eigenvalue weighted by Gasteiger charge is 2.43. The van der Waals surface area contributed by atoms with Gasteiger partial charge in [0.25, 0.3) is 0 Å². The van der Waals surface area contributed by atoms with Gasteiger partial charge >= 0.3 is 0 Å². The highest BCUT2D eigenvalue weighted by atomic mass is 35.5. The van der Waals surface area contributed by atoms with Crippen LogP contribution in [0.2, 0.25) is 0 Å². The number of carbonyl (C=O) groups excluding carboxylic acids is 1. The standard InChI is InChI=1S/C18H25FN2O.ClH/c19-16-7-4-6-15(14-16)18(8-2-1-3-9-18)17(22)21-12-5-10-20-11-13-21;/h4,6-7,14,20H,1-3,5,8-13H2;1H. The Balaban J connectivity index is 0.00000192. The van der Waals surface area contributed by atoms with Gasteiger partial charge in [-0.05, 0) is 43.5 Å². The Kier molecular flexibility index (Phi) is 6.42. The van der Waals surface area contributed by atoms with E-state index in [2.05, 4.69) is 5.32 Å². The van der Waals surface area contributed by atoms with Crippen molar-refractivity contribution in [1.29, 1.82) is 0 Å². The van der Waals surface area contributed by atoms with Crippen LogP contribution >= 0.6 is 12.4 Å². The summed E-state index contributed by atoms with van der Waals surface area (Å²) in [5.74, 6) is -0.0331. The van der Waals surface area contributed by atoms with Gasteiger partial charge in [0, 0.05) is 19.6 Å². The van der Waals surface area contributed by atoms with E-state index in [0.29, 0.717) is 0 Å². The molecule has 3 rings (SSSR count).